The summed E-state index contributed by atoms with van der Waals surface area (Å²) in [5.41, 5.74) is 1.10. The molecule has 1 N–H and O–H groups in total. The van der Waals surface area contributed by atoms with Gasteiger partial charge in [0.15, 0.2) is 0 Å². The highest BCUT2D eigenvalue weighted by atomic mass is 35.5. The van der Waals surface area contributed by atoms with Crippen LogP contribution in [-0.4, -0.2) is 35.8 Å². The lowest BCUT2D eigenvalue weighted by Gasteiger charge is -2.16. The third-order valence-corrected chi connectivity index (χ3v) is 3.58. The summed E-state index contributed by atoms with van der Waals surface area (Å²) in [4.78, 5) is 25.1. The lowest BCUT2D eigenvalue weighted by Crippen LogP contribution is -2.36. The number of likely N-dealkylation sites (tertiary alicyclic amines) is 1. The molecule has 1 aromatic rings. The Morgan fingerprint density at radius 3 is 3.05 bits per heavy atom. The molecule has 0 aliphatic carbocycles. The Kier molecular flexibility index (Phi) is 5.24. The first-order valence-corrected chi connectivity index (χ1v) is 7.21. The highest BCUT2D eigenvalue weighted by Gasteiger charge is 2.29. The summed E-state index contributed by atoms with van der Waals surface area (Å²) in [6.45, 7) is 2.78. The van der Waals surface area contributed by atoms with Gasteiger partial charge in [0.1, 0.15) is 0 Å². The Morgan fingerprint density at radius 2 is 2.33 bits per heavy atom. The largest absolute Gasteiger partial charge is 0.340 e. The summed E-state index contributed by atoms with van der Waals surface area (Å²) in [5.74, 6) is 4.70. The van der Waals surface area contributed by atoms with Gasteiger partial charge in [0.05, 0.1) is 6.04 Å². The van der Waals surface area contributed by atoms with E-state index in [9.17, 15) is 9.59 Å². The van der Waals surface area contributed by atoms with Crippen LogP contribution in [0, 0.1) is 11.8 Å². The van der Waals surface area contributed by atoms with E-state index in [-0.39, 0.29) is 17.9 Å². The zero-order valence-electron chi connectivity index (χ0n) is 11.9. The van der Waals surface area contributed by atoms with Crippen molar-refractivity contribution in [2.24, 2.45) is 0 Å². The molecule has 2 amide bonds. The molecule has 1 aliphatic heterocycles. The van der Waals surface area contributed by atoms with Crippen LogP contribution in [0.2, 0.25) is 5.02 Å². The highest BCUT2D eigenvalue weighted by molar-refractivity contribution is 6.30. The molecule has 1 saturated heterocycles. The predicted molar refractivity (Wildman–Crippen MR) is 81.7 cm³/mol. The van der Waals surface area contributed by atoms with Crippen molar-refractivity contribution in [1.29, 1.82) is 0 Å². The normalized spacial score (nSPS) is 17.3. The second-order valence-corrected chi connectivity index (χ2v) is 5.41. The molecule has 1 aliphatic rings. The number of amides is 2. The standard InChI is InChI=1S/C16H17ClN2O2/c1-2-4-15(20)18-14-10-16(21)19(11-14)8-7-12-5-3-6-13(17)9-12/h3,5-6,9,14H,7-8,10-11H2,1H3,(H,18,20)/t14-/m0/s1. The molecule has 1 heterocycles. The molecule has 0 saturated carbocycles. The Labute approximate surface area is 129 Å². The molecule has 0 aromatic heterocycles. The van der Waals surface area contributed by atoms with Gasteiger partial charge in [-0.1, -0.05) is 29.7 Å². The molecule has 1 fully saturated rings. The summed E-state index contributed by atoms with van der Waals surface area (Å²) >= 11 is 5.94. The minimum Gasteiger partial charge on any atom is -0.340 e. The van der Waals surface area contributed by atoms with Crippen LogP contribution in [0.4, 0.5) is 0 Å². The maximum absolute atomic E-state index is 11.9. The van der Waals surface area contributed by atoms with Gasteiger partial charge in [0, 0.05) is 24.5 Å². The molecular weight excluding hydrogens is 288 g/mol. The van der Waals surface area contributed by atoms with Gasteiger partial charge < -0.3 is 10.2 Å². The van der Waals surface area contributed by atoms with Crippen molar-refractivity contribution in [2.75, 3.05) is 13.1 Å². The Morgan fingerprint density at radius 1 is 1.52 bits per heavy atom. The number of carbonyl (C=O) groups is 2. The Hall–Kier alpha value is -1.99. The number of rotatable bonds is 4. The number of nitrogens with one attached hydrogen (secondary N) is 1. The minimum absolute atomic E-state index is 0.0618. The molecule has 5 heteroatoms. The molecule has 110 valence electrons. The Balaban J connectivity index is 1.85. The number of halogens is 1. The highest BCUT2D eigenvalue weighted by Crippen LogP contribution is 2.14. The smallest absolute Gasteiger partial charge is 0.296 e. The number of hydrogen-bond donors (Lipinski definition) is 1. The summed E-state index contributed by atoms with van der Waals surface area (Å²) in [6, 6.07) is 7.47. The summed E-state index contributed by atoms with van der Waals surface area (Å²) in [5, 5.41) is 3.45. The van der Waals surface area contributed by atoms with Gasteiger partial charge in [-0.2, -0.15) is 0 Å². The van der Waals surface area contributed by atoms with Crippen LogP contribution in [0.1, 0.15) is 18.9 Å². The van der Waals surface area contributed by atoms with Gasteiger partial charge in [-0.05, 0) is 37.0 Å². The third-order valence-electron chi connectivity index (χ3n) is 3.35. The van der Waals surface area contributed by atoms with Crippen LogP contribution in [0.3, 0.4) is 0 Å². The summed E-state index contributed by atoms with van der Waals surface area (Å²) in [7, 11) is 0. The SMILES string of the molecule is CC#CC(=O)N[C@H]1CC(=O)N(CCc2cccc(Cl)c2)C1. The second-order valence-electron chi connectivity index (χ2n) is 4.97. The van der Waals surface area contributed by atoms with Crippen molar-refractivity contribution < 1.29 is 9.59 Å². The fourth-order valence-corrected chi connectivity index (χ4v) is 2.59. The van der Waals surface area contributed by atoms with E-state index in [1.165, 1.54) is 0 Å². The van der Waals surface area contributed by atoms with Crippen LogP contribution in [0.25, 0.3) is 0 Å². The molecular formula is C16H17ClN2O2. The molecule has 4 nitrogen and oxygen atoms in total. The first-order valence-electron chi connectivity index (χ1n) is 6.84. The number of carbonyl (C=O) groups excluding carboxylic acids is 2. The van der Waals surface area contributed by atoms with E-state index in [0.717, 1.165) is 12.0 Å². The van der Waals surface area contributed by atoms with Crippen molar-refractivity contribution in [2.45, 2.75) is 25.8 Å². The fraction of sp³-hybridized carbons (Fsp3) is 0.375. The van der Waals surface area contributed by atoms with E-state index in [0.29, 0.717) is 24.5 Å². The monoisotopic (exact) mass is 304 g/mol. The second kappa shape index (κ2) is 7.14. The molecule has 1 atom stereocenters. The molecule has 1 aromatic carbocycles. The van der Waals surface area contributed by atoms with E-state index in [1.807, 2.05) is 24.3 Å². The van der Waals surface area contributed by atoms with Gasteiger partial charge in [-0.25, -0.2) is 0 Å². The average molecular weight is 305 g/mol. The van der Waals surface area contributed by atoms with Gasteiger partial charge in [-0.15, -0.1) is 0 Å². The number of benzene rings is 1. The van der Waals surface area contributed by atoms with Crippen LogP contribution < -0.4 is 5.32 Å². The third kappa shape index (κ3) is 4.51. The number of nitrogens with zero attached hydrogens (tertiary/aromatic N) is 1. The van der Waals surface area contributed by atoms with Crippen LogP contribution >= 0.6 is 11.6 Å². The van der Waals surface area contributed by atoms with Crippen molar-refractivity contribution in [3.8, 4) is 11.8 Å². The molecule has 0 radical (unpaired) electrons. The average Bonchev–Trinajstić information content (AvgIpc) is 2.77. The van der Waals surface area contributed by atoms with Crippen molar-refractivity contribution >= 4 is 23.4 Å². The molecule has 2 rings (SSSR count). The predicted octanol–water partition coefficient (Wildman–Crippen LogP) is 1.62. The quantitative estimate of drug-likeness (QED) is 0.860. The van der Waals surface area contributed by atoms with E-state index in [2.05, 4.69) is 17.2 Å². The van der Waals surface area contributed by atoms with Crippen LogP contribution in [-0.2, 0) is 16.0 Å². The van der Waals surface area contributed by atoms with Crippen LogP contribution in [0.5, 0.6) is 0 Å². The molecule has 0 spiro atoms. The zero-order valence-corrected chi connectivity index (χ0v) is 12.6. The van der Waals surface area contributed by atoms with E-state index in [1.54, 1.807) is 11.8 Å². The van der Waals surface area contributed by atoms with E-state index in [4.69, 9.17) is 11.6 Å². The molecule has 0 unspecified atom stereocenters. The van der Waals surface area contributed by atoms with Crippen LogP contribution in [0.15, 0.2) is 24.3 Å². The first kappa shape index (κ1) is 15.4. The first-order chi connectivity index (χ1) is 10.1. The van der Waals surface area contributed by atoms with Crippen molar-refractivity contribution in [3.05, 3.63) is 34.9 Å². The van der Waals surface area contributed by atoms with Gasteiger partial charge in [0.2, 0.25) is 5.91 Å². The Bertz CT molecular complexity index is 604. The molecule has 0 bridgehead atoms. The topological polar surface area (TPSA) is 49.4 Å². The summed E-state index contributed by atoms with van der Waals surface area (Å²) in [6.07, 6.45) is 1.09. The van der Waals surface area contributed by atoms with Gasteiger partial charge >= 0.3 is 0 Å². The minimum atomic E-state index is -0.327. The maximum Gasteiger partial charge on any atom is 0.296 e. The summed E-state index contributed by atoms with van der Waals surface area (Å²) < 4.78 is 0. The fourth-order valence-electron chi connectivity index (χ4n) is 2.38. The van der Waals surface area contributed by atoms with Crippen molar-refractivity contribution in [1.82, 2.24) is 10.2 Å². The lowest BCUT2D eigenvalue weighted by atomic mass is 10.1. The van der Waals surface area contributed by atoms with Gasteiger partial charge in [0.25, 0.3) is 5.91 Å². The number of hydrogen-bond acceptors (Lipinski definition) is 2. The van der Waals surface area contributed by atoms with Gasteiger partial charge in [-0.3, -0.25) is 9.59 Å². The maximum atomic E-state index is 11.9. The lowest BCUT2D eigenvalue weighted by molar-refractivity contribution is -0.127. The van der Waals surface area contributed by atoms with Crippen molar-refractivity contribution in [3.63, 3.8) is 0 Å². The van der Waals surface area contributed by atoms with E-state index >= 15 is 0 Å². The zero-order chi connectivity index (χ0) is 15.2. The molecule has 21 heavy (non-hydrogen) atoms. The van der Waals surface area contributed by atoms with E-state index < -0.39 is 0 Å².